The van der Waals surface area contributed by atoms with Crippen LogP contribution in [0.15, 0.2) is 58.3 Å². The lowest BCUT2D eigenvalue weighted by Crippen LogP contribution is -2.27. The second-order valence-electron chi connectivity index (χ2n) is 6.54. The van der Waals surface area contributed by atoms with Crippen molar-refractivity contribution in [3.05, 3.63) is 54.1 Å². The molecule has 0 bridgehead atoms. The van der Waals surface area contributed by atoms with Crippen molar-refractivity contribution in [3.8, 4) is 5.75 Å². The molecule has 3 rings (SSSR count). The molecule has 2 aromatic rings. The third-order valence-electron chi connectivity index (χ3n) is 4.72. The number of rotatable bonds is 5. The summed E-state index contributed by atoms with van der Waals surface area (Å²) in [6.45, 7) is 1.93. The molecule has 1 saturated carbocycles. The maximum atomic E-state index is 12.7. The van der Waals surface area contributed by atoms with E-state index in [0.29, 0.717) is 16.7 Å². The maximum absolute atomic E-state index is 12.7. The minimum absolute atomic E-state index is 0.172. The highest BCUT2D eigenvalue weighted by Crippen LogP contribution is 2.27. The first-order valence-corrected chi connectivity index (χ1v) is 10.1. The van der Waals surface area contributed by atoms with Gasteiger partial charge in [-0.2, -0.15) is 0 Å². The largest absolute Gasteiger partial charge is 0.490 e. The molecule has 1 aliphatic rings. The molecule has 0 heterocycles. The van der Waals surface area contributed by atoms with E-state index in [1.165, 1.54) is 0 Å². The van der Waals surface area contributed by atoms with E-state index in [2.05, 4.69) is 0 Å². The van der Waals surface area contributed by atoms with Gasteiger partial charge in [0.15, 0.2) is 0 Å². The van der Waals surface area contributed by atoms with Crippen molar-refractivity contribution < 1.29 is 17.9 Å². The fourth-order valence-corrected chi connectivity index (χ4v) is 4.39. The van der Waals surface area contributed by atoms with Gasteiger partial charge in [-0.05, 0) is 69.0 Å². The zero-order chi connectivity index (χ0) is 17.9. The molecular weight excluding hydrogens is 336 g/mol. The Hall–Kier alpha value is -1.85. The topological polar surface area (TPSA) is 52.6 Å². The zero-order valence-electron chi connectivity index (χ0n) is 14.6. The fourth-order valence-electron chi connectivity index (χ4n) is 3.13. The molecule has 0 aromatic heterocycles. The molecule has 0 spiro atoms. The van der Waals surface area contributed by atoms with Gasteiger partial charge >= 0.3 is 0 Å². The summed E-state index contributed by atoms with van der Waals surface area (Å²) in [5.41, 5.74) is 1.03. The predicted molar refractivity (Wildman–Crippen MR) is 96.8 cm³/mol. The number of hydrogen-bond donors (Lipinski definition) is 0. The normalized spacial score (nSPS) is 21.0. The van der Waals surface area contributed by atoms with Gasteiger partial charge in [0, 0.05) is 7.11 Å². The first-order valence-electron chi connectivity index (χ1n) is 8.60. The highest BCUT2D eigenvalue weighted by Gasteiger charge is 2.22. The van der Waals surface area contributed by atoms with Crippen molar-refractivity contribution in [1.29, 1.82) is 0 Å². The van der Waals surface area contributed by atoms with E-state index in [1.807, 2.05) is 6.92 Å². The Bertz CT molecular complexity index is 787. The van der Waals surface area contributed by atoms with Crippen LogP contribution in [0.25, 0.3) is 0 Å². The van der Waals surface area contributed by atoms with Crippen molar-refractivity contribution in [2.45, 2.75) is 54.6 Å². The number of methoxy groups -OCH3 is 1. The van der Waals surface area contributed by atoms with Crippen molar-refractivity contribution in [3.63, 3.8) is 0 Å². The molecule has 0 amide bonds. The fraction of sp³-hybridized carbons (Fsp3) is 0.400. The van der Waals surface area contributed by atoms with Crippen LogP contribution in [-0.2, 0) is 14.6 Å². The summed E-state index contributed by atoms with van der Waals surface area (Å²) in [6, 6.07) is 13.6. The van der Waals surface area contributed by atoms with Gasteiger partial charge in [-0.15, -0.1) is 0 Å². The number of aryl methyl sites for hydroxylation is 1. The molecule has 0 radical (unpaired) electrons. The summed E-state index contributed by atoms with van der Waals surface area (Å²) < 4.78 is 36.7. The molecule has 1 aliphatic carbocycles. The summed E-state index contributed by atoms with van der Waals surface area (Å²) in [4.78, 5) is 0.594. The van der Waals surface area contributed by atoms with E-state index < -0.39 is 9.84 Å². The third kappa shape index (κ3) is 4.22. The van der Waals surface area contributed by atoms with Gasteiger partial charge in [0.25, 0.3) is 0 Å². The highest BCUT2D eigenvalue weighted by atomic mass is 32.2. The van der Waals surface area contributed by atoms with E-state index in [9.17, 15) is 8.42 Å². The van der Waals surface area contributed by atoms with Gasteiger partial charge < -0.3 is 9.47 Å². The Kier molecular flexibility index (Phi) is 5.45. The smallest absolute Gasteiger partial charge is 0.206 e. The minimum Gasteiger partial charge on any atom is -0.490 e. The van der Waals surface area contributed by atoms with Crippen LogP contribution in [0.2, 0.25) is 0 Å². The first kappa shape index (κ1) is 18.0. The Morgan fingerprint density at radius 1 is 0.800 bits per heavy atom. The van der Waals surface area contributed by atoms with Crippen molar-refractivity contribution in [2.24, 2.45) is 0 Å². The molecule has 134 valence electrons. The number of ether oxygens (including phenoxy) is 2. The second kappa shape index (κ2) is 7.58. The molecule has 5 heteroatoms. The SMILES string of the molecule is COC1CCC(Oc2ccc(S(=O)(=O)c3ccc(C)cc3)cc2)CC1. The van der Waals surface area contributed by atoms with Crippen LogP contribution in [-0.4, -0.2) is 27.7 Å². The summed E-state index contributed by atoms with van der Waals surface area (Å²) in [5.74, 6) is 0.712. The molecule has 0 saturated heterocycles. The molecule has 1 fully saturated rings. The molecule has 0 atom stereocenters. The van der Waals surface area contributed by atoms with E-state index in [1.54, 1.807) is 55.6 Å². The Morgan fingerprint density at radius 3 is 1.80 bits per heavy atom. The Morgan fingerprint density at radius 2 is 1.28 bits per heavy atom. The van der Waals surface area contributed by atoms with E-state index >= 15 is 0 Å². The summed E-state index contributed by atoms with van der Waals surface area (Å²) in [6.07, 6.45) is 4.43. The summed E-state index contributed by atoms with van der Waals surface area (Å²) in [5, 5.41) is 0. The monoisotopic (exact) mass is 360 g/mol. The van der Waals surface area contributed by atoms with Gasteiger partial charge in [0.2, 0.25) is 9.84 Å². The van der Waals surface area contributed by atoms with Crippen molar-refractivity contribution in [2.75, 3.05) is 7.11 Å². The van der Waals surface area contributed by atoms with Crippen molar-refractivity contribution >= 4 is 9.84 Å². The minimum atomic E-state index is -3.49. The standard InChI is InChI=1S/C20H24O4S/c1-15-3-11-19(12-4-15)25(21,22)20-13-9-18(10-14-20)24-17-7-5-16(23-2)6-8-17/h3-4,9-14,16-17H,5-8H2,1-2H3. The lowest BCUT2D eigenvalue weighted by molar-refractivity contribution is 0.0327. The molecule has 0 unspecified atom stereocenters. The average Bonchev–Trinajstić information content (AvgIpc) is 2.63. The van der Waals surface area contributed by atoms with Gasteiger partial charge in [-0.1, -0.05) is 17.7 Å². The lowest BCUT2D eigenvalue weighted by atomic mass is 9.95. The number of sulfone groups is 1. The highest BCUT2D eigenvalue weighted by molar-refractivity contribution is 7.91. The summed E-state index contributed by atoms with van der Waals surface area (Å²) >= 11 is 0. The van der Waals surface area contributed by atoms with E-state index in [0.717, 1.165) is 31.2 Å². The first-order chi connectivity index (χ1) is 12.0. The zero-order valence-corrected chi connectivity index (χ0v) is 15.5. The lowest BCUT2D eigenvalue weighted by Gasteiger charge is -2.28. The number of hydrogen-bond acceptors (Lipinski definition) is 4. The number of benzene rings is 2. The van der Waals surface area contributed by atoms with Gasteiger partial charge in [-0.25, -0.2) is 8.42 Å². The third-order valence-corrected chi connectivity index (χ3v) is 6.51. The molecule has 0 aliphatic heterocycles. The molecule has 25 heavy (non-hydrogen) atoms. The quantitative estimate of drug-likeness (QED) is 0.803. The van der Waals surface area contributed by atoms with E-state index in [-0.39, 0.29) is 11.0 Å². The van der Waals surface area contributed by atoms with Crippen LogP contribution >= 0.6 is 0 Å². The Labute approximate surface area is 149 Å². The van der Waals surface area contributed by atoms with Gasteiger partial charge in [0.05, 0.1) is 22.0 Å². The maximum Gasteiger partial charge on any atom is 0.206 e. The van der Waals surface area contributed by atoms with Gasteiger partial charge in [-0.3, -0.25) is 0 Å². The predicted octanol–water partition coefficient (Wildman–Crippen LogP) is 4.16. The van der Waals surface area contributed by atoms with Crippen LogP contribution in [0, 0.1) is 6.92 Å². The van der Waals surface area contributed by atoms with Crippen LogP contribution in [0.1, 0.15) is 31.2 Å². The second-order valence-corrected chi connectivity index (χ2v) is 8.49. The Balaban J connectivity index is 1.69. The molecule has 4 nitrogen and oxygen atoms in total. The van der Waals surface area contributed by atoms with Crippen LogP contribution in [0.5, 0.6) is 5.75 Å². The van der Waals surface area contributed by atoms with Crippen LogP contribution in [0.4, 0.5) is 0 Å². The van der Waals surface area contributed by atoms with Crippen molar-refractivity contribution in [1.82, 2.24) is 0 Å². The molecule has 2 aromatic carbocycles. The van der Waals surface area contributed by atoms with Crippen LogP contribution in [0.3, 0.4) is 0 Å². The molecule has 0 N–H and O–H groups in total. The average molecular weight is 360 g/mol. The molecular formula is C20H24O4S. The van der Waals surface area contributed by atoms with Gasteiger partial charge in [0.1, 0.15) is 5.75 Å². The van der Waals surface area contributed by atoms with E-state index in [4.69, 9.17) is 9.47 Å². The van der Waals surface area contributed by atoms with Crippen LogP contribution < -0.4 is 4.74 Å². The summed E-state index contributed by atoms with van der Waals surface area (Å²) in [7, 11) is -1.74.